The fourth-order valence-electron chi connectivity index (χ4n) is 0. The molecule has 103 valence electrons. The summed E-state index contributed by atoms with van der Waals surface area (Å²) in [6.07, 6.45) is -1.25. The first kappa shape index (κ1) is 36.0. The first-order valence-corrected chi connectivity index (χ1v) is 2.56. The Hall–Kier alpha value is -0.496. The Balaban J connectivity index is -0.0000000247. The van der Waals surface area contributed by atoms with Crippen LogP contribution in [0.5, 0.6) is 0 Å². The summed E-state index contributed by atoms with van der Waals surface area (Å²) in [6.45, 7) is 0. The molecular weight excluding hydrogens is 436 g/mol. The smallest absolute Gasteiger partial charge is 0.450 e. The molecule has 11 nitrogen and oxygen atoms in total. The molecule has 0 unspecified atom stereocenters. The molecule has 0 aromatic heterocycles. The van der Waals surface area contributed by atoms with E-state index in [0.29, 0.717) is 0 Å². The summed E-state index contributed by atoms with van der Waals surface area (Å²) >= 11 is 0. The van der Waals surface area contributed by atoms with E-state index in [1.165, 1.54) is 0 Å². The Kier molecular flexibility index (Phi) is 62.5. The van der Waals surface area contributed by atoms with Crippen molar-refractivity contribution in [2.45, 2.75) is 7.43 Å². The topological polar surface area (TPSA) is 162 Å². The van der Waals surface area contributed by atoms with Crippen LogP contribution in [-0.4, -0.2) is 40.9 Å². The van der Waals surface area contributed by atoms with Crippen molar-refractivity contribution < 1.29 is 67.6 Å². The van der Waals surface area contributed by atoms with Gasteiger partial charge in [0.15, 0.2) is 0 Å². The van der Waals surface area contributed by atoms with Crippen molar-refractivity contribution in [3.05, 3.63) is 20.2 Å². The minimum Gasteiger partial charge on any atom is -0.450 e. The minimum atomic E-state index is -1.50. The van der Waals surface area contributed by atoms with Gasteiger partial charge in [0, 0.05) is 32.7 Å². The quantitative estimate of drug-likeness (QED) is 0.258. The number of methoxy groups -OCH3 is 1. The molecule has 2 N–H and O–H groups in total. The summed E-state index contributed by atoms with van der Waals surface area (Å²) in [5, 5.41) is 29.2. The summed E-state index contributed by atoms with van der Waals surface area (Å²) in [7, 11) is 2.10. The Morgan fingerprint density at radius 3 is 1.35 bits per heavy atom. The third-order valence-electron chi connectivity index (χ3n) is 0.324. The molecule has 1 radical (unpaired) electrons. The Bertz CT molecular complexity index is 174. The van der Waals surface area contributed by atoms with E-state index in [2.05, 4.69) is 9.57 Å². The molecule has 0 aliphatic rings. The SMILES string of the molecule is C.COC(=O)O.CO[N+](=O)[O-].I.O=[N+]([O-])O.[Y]. The molecule has 0 heterocycles. The molecule has 0 aliphatic carbocycles. The predicted molar refractivity (Wildman–Crippen MR) is 60.0 cm³/mol. The molecule has 0 saturated heterocycles. The molecule has 0 spiro atoms. The Morgan fingerprint density at radius 2 is 1.35 bits per heavy atom. The summed E-state index contributed by atoms with van der Waals surface area (Å²) in [4.78, 5) is 29.9. The van der Waals surface area contributed by atoms with E-state index < -0.39 is 16.3 Å². The maximum Gasteiger partial charge on any atom is 0.505 e. The third-order valence-corrected chi connectivity index (χ3v) is 0.324. The fourth-order valence-corrected chi connectivity index (χ4v) is 0. The van der Waals surface area contributed by atoms with Gasteiger partial charge in [-0.05, 0) is 0 Å². The molecular formula is C4H13IN2O9Y. The van der Waals surface area contributed by atoms with Crippen molar-refractivity contribution in [1.82, 2.24) is 0 Å². The summed E-state index contributed by atoms with van der Waals surface area (Å²) < 4.78 is 3.67. The summed E-state index contributed by atoms with van der Waals surface area (Å²) in [5.74, 6) is 0. The zero-order chi connectivity index (χ0) is 12.1. The van der Waals surface area contributed by atoms with Gasteiger partial charge in [-0.3, -0.25) is 0 Å². The molecule has 0 saturated carbocycles. The van der Waals surface area contributed by atoms with Crippen molar-refractivity contribution in [3.8, 4) is 0 Å². The second-order valence-electron chi connectivity index (χ2n) is 1.11. The van der Waals surface area contributed by atoms with Crippen LogP contribution in [-0.2, 0) is 42.3 Å². The van der Waals surface area contributed by atoms with Gasteiger partial charge in [0.2, 0.25) is 0 Å². The van der Waals surface area contributed by atoms with Crippen LogP contribution in [0.2, 0.25) is 0 Å². The number of halogens is 1. The standard InChI is InChI=1S/C2H4O3.CH3NO3.CH4.HI.HNO3.Y/c2*1-5-2(3)4;;;2-1(3)4;/h1H3,(H,3,4);1H3;1H4;1H;(H,2,3,4);. The number of hydrogen-bond donors (Lipinski definition) is 2. The van der Waals surface area contributed by atoms with Crippen molar-refractivity contribution in [3.63, 3.8) is 0 Å². The van der Waals surface area contributed by atoms with E-state index in [0.717, 1.165) is 14.2 Å². The predicted octanol–water partition coefficient (Wildman–Crippen LogP) is 1.04. The molecule has 0 aromatic rings. The van der Waals surface area contributed by atoms with Gasteiger partial charge in [-0.15, -0.1) is 44.2 Å². The van der Waals surface area contributed by atoms with E-state index in [4.69, 9.17) is 35.3 Å². The van der Waals surface area contributed by atoms with Crippen LogP contribution in [0, 0.1) is 20.2 Å². The van der Waals surface area contributed by atoms with E-state index in [1.54, 1.807) is 0 Å². The minimum absolute atomic E-state index is 0. The van der Waals surface area contributed by atoms with E-state index >= 15 is 0 Å². The van der Waals surface area contributed by atoms with Gasteiger partial charge in [0.25, 0.3) is 10.2 Å². The molecule has 0 amide bonds. The second-order valence-corrected chi connectivity index (χ2v) is 1.11. The van der Waals surface area contributed by atoms with Crippen LogP contribution in [0.4, 0.5) is 4.79 Å². The van der Waals surface area contributed by atoms with Gasteiger partial charge in [-0.2, -0.15) is 0 Å². The van der Waals surface area contributed by atoms with Gasteiger partial charge in [0.1, 0.15) is 0 Å². The number of carbonyl (C=O) groups is 1. The Morgan fingerprint density at radius 1 is 1.24 bits per heavy atom. The normalized spacial score (nSPS) is 5.29. The largest absolute Gasteiger partial charge is 0.505 e. The van der Waals surface area contributed by atoms with Gasteiger partial charge in [-0.1, -0.05) is 7.43 Å². The molecule has 0 bridgehead atoms. The molecule has 0 aliphatic heterocycles. The van der Waals surface area contributed by atoms with Crippen LogP contribution in [0.3, 0.4) is 0 Å². The van der Waals surface area contributed by atoms with Gasteiger partial charge < -0.3 is 19.9 Å². The molecule has 0 aromatic carbocycles. The molecule has 0 rings (SSSR count). The average Bonchev–Trinajstić information content (AvgIpc) is 2.04. The summed E-state index contributed by atoms with van der Waals surface area (Å²) in [5.41, 5.74) is 0. The maximum absolute atomic E-state index is 9.15. The number of hydrogen-bond acceptors (Lipinski definition) is 7. The first-order chi connectivity index (χ1) is 6.27. The Labute approximate surface area is 139 Å². The number of rotatable bonds is 1. The van der Waals surface area contributed by atoms with Crippen LogP contribution in [0.25, 0.3) is 0 Å². The molecule has 0 fully saturated rings. The zero-order valence-electron chi connectivity index (χ0n) is 8.13. The van der Waals surface area contributed by atoms with Crippen molar-refractivity contribution in [2.75, 3.05) is 14.2 Å². The van der Waals surface area contributed by atoms with Gasteiger partial charge in [0.05, 0.1) is 14.2 Å². The first-order valence-electron chi connectivity index (χ1n) is 2.56. The van der Waals surface area contributed by atoms with E-state index in [9.17, 15) is 0 Å². The number of ether oxygens (including phenoxy) is 1. The van der Waals surface area contributed by atoms with E-state index in [1.807, 2.05) is 0 Å². The molecule has 17 heavy (non-hydrogen) atoms. The van der Waals surface area contributed by atoms with Crippen LogP contribution in [0.1, 0.15) is 7.43 Å². The maximum atomic E-state index is 9.15. The van der Waals surface area contributed by atoms with Crippen LogP contribution < -0.4 is 0 Å². The summed E-state index contributed by atoms with van der Waals surface area (Å²) in [6, 6.07) is 0. The second kappa shape index (κ2) is 29.6. The van der Waals surface area contributed by atoms with E-state index in [-0.39, 0.29) is 64.1 Å². The van der Waals surface area contributed by atoms with Gasteiger partial charge >= 0.3 is 6.16 Å². The van der Waals surface area contributed by atoms with Gasteiger partial charge in [-0.25, -0.2) is 4.79 Å². The fraction of sp³-hybridized carbons (Fsp3) is 0.750. The van der Waals surface area contributed by atoms with Crippen LogP contribution in [0.15, 0.2) is 0 Å². The zero-order valence-corrected chi connectivity index (χ0v) is 13.3. The monoisotopic (exact) mass is 449 g/mol. The van der Waals surface area contributed by atoms with Crippen molar-refractivity contribution >= 4 is 30.1 Å². The number of nitrogens with zero attached hydrogens (tertiary/aromatic N) is 2. The number of carboxylic acid groups (broad SMARTS) is 1. The van der Waals surface area contributed by atoms with Crippen molar-refractivity contribution in [2.24, 2.45) is 0 Å². The molecule has 0 atom stereocenters. The third kappa shape index (κ3) is 230. The van der Waals surface area contributed by atoms with Crippen molar-refractivity contribution in [1.29, 1.82) is 0 Å². The van der Waals surface area contributed by atoms with Crippen LogP contribution >= 0.6 is 24.0 Å². The molecule has 13 heteroatoms. The average molecular weight is 449 g/mol.